The minimum Gasteiger partial charge on any atom is -0.353 e. The fraction of sp³-hybridized carbons (Fsp3) is 0.600. The first-order valence-electron chi connectivity index (χ1n) is 9.83. The van der Waals surface area contributed by atoms with Gasteiger partial charge in [-0.1, -0.05) is 6.07 Å². The molecule has 1 aliphatic carbocycles. The molecule has 154 valence electrons. The topological polar surface area (TPSA) is 60.0 Å². The van der Waals surface area contributed by atoms with Crippen molar-refractivity contribution in [3.63, 3.8) is 0 Å². The van der Waals surface area contributed by atoms with E-state index in [2.05, 4.69) is 25.4 Å². The van der Waals surface area contributed by atoms with Gasteiger partial charge in [0, 0.05) is 56.8 Å². The van der Waals surface area contributed by atoms with E-state index in [1.54, 1.807) is 7.05 Å². The molecule has 2 atom stereocenters. The van der Waals surface area contributed by atoms with Gasteiger partial charge in [-0.2, -0.15) is 0 Å². The molecule has 1 aromatic carbocycles. The molecule has 3 rings (SSSR count). The van der Waals surface area contributed by atoms with E-state index in [-0.39, 0.29) is 29.5 Å². The van der Waals surface area contributed by atoms with Crippen LogP contribution in [0.25, 0.3) is 0 Å². The number of nitrogens with zero attached hydrogens (tertiary/aromatic N) is 3. The standard InChI is InChI=1S/C20H29F2N5O/c1-13(2)24-18(28)12-26-7-9-27(10-8-26)20(23-3)25-17-11-14(17)19-15(21)5-4-6-16(19)22/h4-6,13-14,17H,7-12H2,1-3H3,(H,23,25)(H,24,28). The molecule has 1 aliphatic heterocycles. The third-order valence-corrected chi connectivity index (χ3v) is 5.18. The number of halogens is 2. The molecule has 0 bridgehead atoms. The smallest absolute Gasteiger partial charge is 0.234 e. The van der Waals surface area contributed by atoms with Crippen LogP contribution < -0.4 is 10.6 Å². The van der Waals surface area contributed by atoms with Gasteiger partial charge in [-0.05, 0) is 32.4 Å². The molecule has 0 aromatic heterocycles. The molecule has 1 amide bonds. The van der Waals surface area contributed by atoms with Crippen molar-refractivity contribution in [2.24, 2.45) is 4.99 Å². The second-order valence-electron chi connectivity index (χ2n) is 7.76. The number of rotatable bonds is 5. The summed E-state index contributed by atoms with van der Waals surface area (Å²) in [5, 5.41) is 6.25. The van der Waals surface area contributed by atoms with Crippen LogP contribution in [0.3, 0.4) is 0 Å². The van der Waals surface area contributed by atoms with Crippen molar-refractivity contribution < 1.29 is 13.6 Å². The number of piperazine rings is 1. The van der Waals surface area contributed by atoms with E-state index < -0.39 is 11.6 Å². The number of guanidine groups is 1. The molecule has 28 heavy (non-hydrogen) atoms. The van der Waals surface area contributed by atoms with Gasteiger partial charge in [0.25, 0.3) is 0 Å². The zero-order chi connectivity index (χ0) is 20.3. The van der Waals surface area contributed by atoms with Crippen molar-refractivity contribution in [3.05, 3.63) is 35.4 Å². The van der Waals surface area contributed by atoms with Gasteiger partial charge in [0.2, 0.25) is 5.91 Å². The maximum atomic E-state index is 14.0. The van der Waals surface area contributed by atoms with E-state index in [1.165, 1.54) is 18.2 Å². The monoisotopic (exact) mass is 393 g/mol. The Morgan fingerprint density at radius 1 is 1.21 bits per heavy atom. The Bertz CT molecular complexity index is 711. The third-order valence-electron chi connectivity index (χ3n) is 5.18. The number of carbonyl (C=O) groups excluding carboxylic acids is 1. The lowest BCUT2D eigenvalue weighted by Crippen LogP contribution is -2.54. The Morgan fingerprint density at radius 2 is 1.86 bits per heavy atom. The van der Waals surface area contributed by atoms with E-state index in [9.17, 15) is 13.6 Å². The van der Waals surface area contributed by atoms with Crippen molar-refractivity contribution in [2.75, 3.05) is 39.8 Å². The zero-order valence-corrected chi connectivity index (χ0v) is 16.7. The molecule has 2 unspecified atom stereocenters. The number of carbonyl (C=O) groups is 1. The van der Waals surface area contributed by atoms with Gasteiger partial charge in [-0.3, -0.25) is 14.7 Å². The van der Waals surface area contributed by atoms with Crippen LogP contribution in [0.5, 0.6) is 0 Å². The number of benzene rings is 1. The molecule has 1 saturated heterocycles. The van der Waals surface area contributed by atoms with Crippen molar-refractivity contribution >= 4 is 11.9 Å². The molecule has 1 saturated carbocycles. The normalized spacial score (nSPS) is 23.1. The molecule has 0 radical (unpaired) electrons. The second kappa shape index (κ2) is 8.86. The molecule has 1 aromatic rings. The van der Waals surface area contributed by atoms with E-state index in [0.29, 0.717) is 13.0 Å². The number of nitrogens with one attached hydrogen (secondary N) is 2. The predicted octanol–water partition coefficient (Wildman–Crippen LogP) is 1.54. The molecular formula is C20H29F2N5O. The molecule has 2 N–H and O–H groups in total. The Morgan fingerprint density at radius 3 is 2.43 bits per heavy atom. The molecule has 8 heteroatoms. The minimum atomic E-state index is -0.488. The van der Waals surface area contributed by atoms with E-state index in [1.807, 2.05) is 13.8 Å². The first-order chi connectivity index (χ1) is 13.4. The number of hydrogen-bond acceptors (Lipinski definition) is 3. The summed E-state index contributed by atoms with van der Waals surface area (Å²) in [4.78, 5) is 20.5. The van der Waals surface area contributed by atoms with Crippen molar-refractivity contribution in [3.8, 4) is 0 Å². The van der Waals surface area contributed by atoms with Crippen LogP contribution in [-0.2, 0) is 4.79 Å². The lowest BCUT2D eigenvalue weighted by molar-refractivity contribution is -0.123. The van der Waals surface area contributed by atoms with Gasteiger partial charge < -0.3 is 15.5 Å². The van der Waals surface area contributed by atoms with E-state index in [4.69, 9.17) is 0 Å². The molecule has 0 spiro atoms. The van der Waals surface area contributed by atoms with E-state index >= 15 is 0 Å². The first kappa shape index (κ1) is 20.5. The fourth-order valence-corrected chi connectivity index (χ4v) is 3.69. The van der Waals surface area contributed by atoms with Gasteiger partial charge >= 0.3 is 0 Å². The van der Waals surface area contributed by atoms with Crippen LogP contribution >= 0.6 is 0 Å². The highest BCUT2D eigenvalue weighted by molar-refractivity contribution is 5.81. The van der Waals surface area contributed by atoms with Gasteiger partial charge in [-0.15, -0.1) is 0 Å². The van der Waals surface area contributed by atoms with Crippen LogP contribution in [0.4, 0.5) is 8.78 Å². The maximum absolute atomic E-state index is 14.0. The summed E-state index contributed by atoms with van der Waals surface area (Å²) in [5.41, 5.74) is 0.163. The Kier molecular flexibility index (Phi) is 6.49. The summed E-state index contributed by atoms with van der Waals surface area (Å²) >= 11 is 0. The number of amides is 1. The second-order valence-corrected chi connectivity index (χ2v) is 7.76. The minimum absolute atomic E-state index is 0.0139. The van der Waals surface area contributed by atoms with Crippen LogP contribution in [0.15, 0.2) is 23.2 Å². The van der Waals surface area contributed by atoms with Crippen LogP contribution in [-0.4, -0.2) is 73.5 Å². The summed E-state index contributed by atoms with van der Waals surface area (Å²) in [6.07, 6.45) is 0.687. The highest BCUT2D eigenvalue weighted by atomic mass is 19.1. The van der Waals surface area contributed by atoms with Crippen molar-refractivity contribution in [2.45, 2.75) is 38.3 Å². The summed E-state index contributed by atoms with van der Waals surface area (Å²) in [5.74, 6) is -0.358. The molecular weight excluding hydrogens is 364 g/mol. The summed E-state index contributed by atoms with van der Waals surface area (Å²) < 4.78 is 27.9. The number of hydrogen-bond donors (Lipinski definition) is 2. The Balaban J connectivity index is 1.49. The van der Waals surface area contributed by atoms with Crippen molar-refractivity contribution in [1.82, 2.24) is 20.4 Å². The average molecular weight is 393 g/mol. The average Bonchev–Trinajstić information content (AvgIpc) is 3.38. The van der Waals surface area contributed by atoms with Crippen molar-refractivity contribution in [1.29, 1.82) is 0 Å². The fourth-order valence-electron chi connectivity index (χ4n) is 3.69. The number of aliphatic imine (C=N–C) groups is 1. The zero-order valence-electron chi connectivity index (χ0n) is 16.7. The molecule has 2 aliphatic rings. The van der Waals surface area contributed by atoms with Crippen LogP contribution in [0.2, 0.25) is 0 Å². The Hall–Kier alpha value is -2.22. The Labute approximate surface area is 165 Å². The maximum Gasteiger partial charge on any atom is 0.234 e. The molecule has 1 heterocycles. The molecule has 6 nitrogen and oxygen atoms in total. The summed E-state index contributed by atoms with van der Waals surface area (Å²) in [6, 6.07) is 4.12. The highest BCUT2D eigenvalue weighted by Gasteiger charge is 2.43. The van der Waals surface area contributed by atoms with Crippen LogP contribution in [0.1, 0.15) is 31.7 Å². The molecule has 2 fully saturated rings. The largest absolute Gasteiger partial charge is 0.353 e. The van der Waals surface area contributed by atoms with Gasteiger partial charge in [-0.25, -0.2) is 8.78 Å². The highest BCUT2D eigenvalue weighted by Crippen LogP contribution is 2.43. The van der Waals surface area contributed by atoms with Gasteiger partial charge in [0.15, 0.2) is 5.96 Å². The third kappa shape index (κ3) is 4.98. The van der Waals surface area contributed by atoms with E-state index in [0.717, 1.165) is 32.1 Å². The summed E-state index contributed by atoms with van der Waals surface area (Å²) in [6.45, 7) is 7.33. The van der Waals surface area contributed by atoms with Crippen LogP contribution in [0, 0.1) is 11.6 Å². The predicted molar refractivity (Wildman–Crippen MR) is 105 cm³/mol. The van der Waals surface area contributed by atoms with Gasteiger partial charge in [0.05, 0.1) is 6.54 Å². The lowest BCUT2D eigenvalue weighted by atomic mass is 10.1. The quantitative estimate of drug-likeness (QED) is 0.589. The van der Waals surface area contributed by atoms with Gasteiger partial charge in [0.1, 0.15) is 11.6 Å². The summed E-state index contributed by atoms with van der Waals surface area (Å²) in [7, 11) is 1.71. The first-order valence-corrected chi connectivity index (χ1v) is 9.83. The SMILES string of the molecule is CN=C(NC1CC1c1c(F)cccc1F)N1CCN(CC(=O)NC(C)C)CC1. The lowest BCUT2D eigenvalue weighted by Gasteiger charge is -2.36.